The maximum absolute atomic E-state index is 13.1. The topological polar surface area (TPSA) is 88.3 Å². The second kappa shape index (κ2) is 8.00. The molecule has 1 atom stereocenters. The molecule has 4 rings (SSSR count). The van der Waals surface area contributed by atoms with Crippen LogP contribution < -0.4 is 0 Å². The van der Waals surface area contributed by atoms with E-state index in [2.05, 4.69) is 10.1 Å². The molecule has 0 saturated carbocycles. The van der Waals surface area contributed by atoms with Crippen molar-refractivity contribution in [1.82, 2.24) is 19.7 Å². The summed E-state index contributed by atoms with van der Waals surface area (Å²) in [7, 11) is 1.76. The third-order valence-corrected chi connectivity index (χ3v) is 5.76. The number of aromatic nitrogens is 3. The van der Waals surface area contributed by atoms with E-state index in [-0.39, 0.29) is 17.9 Å². The Morgan fingerprint density at radius 1 is 1.19 bits per heavy atom. The van der Waals surface area contributed by atoms with Crippen LogP contribution >= 0.6 is 11.6 Å². The van der Waals surface area contributed by atoms with Crippen molar-refractivity contribution in [3.05, 3.63) is 87.5 Å². The number of hydrogen-bond acceptors (Lipinski definition) is 5. The largest absolute Gasteiger partial charge is 0.507 e. The molecule has 7 nitrogen and oxygen atoms in total. The summed E-state index contributed by atoms with van der Waals surface area (Å²) in [4.78, 5) is 31.7. The number of halogens is 1. The summed E-state index contributed by atoms with van der Waals surface area (Å²) >= 11 is 6.21. The number of ketones is 1. The molecule has 0 radical (unpaired) electrons. The number of benzene rings is 1. The van der Waals surface area contributed by atoms with Crippen molar-refractivity contribution in [1.29, 1.82) is 0 Å². The van der Waals surface area contributed by atoms with Crippen molar-refractivity contribution in [3.8, 4) is 0 Å². The number of carbonyl (C=O) groups is 2. The number of likely N-dealkylation sites (tertiary alicyclic amines) is 1. The standard InChI is InChI=1S/C23H21ClN4O3/c1-13-18(14(2)27(3)26-13)21(29)19-20(16-7-4-8-17(24)10-16)28(23(31)22(19)30)12-15-6-5-9-25-11-15/h4-11,20,29H,12H2,1-3H3/b21-19+/t20-/m0/s1. The Balaban J connectivity index is 1.92. The highest BCUT2D eigenvalue weighted by Crippen LogP contribution is 2.41. The molecule has 0 aliphatic carbocycles. The minimum atomic E-state index is -0.794. The van der Waals surface area contributed by atoms with Gasteiger partial charge in [-0.05, 0) is 43.2 Å². The molecule has 158 valence electrons. The third-order valence-electron chi connectivity index (χ3n) is 5.53. The maximum atomic E-state index is 13.1. The van der Waals surface area contributed by atoms with Crippen molar-refractivity contribution < 1.29 is 14.7 Å². The Labute approximate surface area is 184 Å². The number of nitrogens with zero attached hydrogens (tertiary/aromatic N) is 4. The highest BCUT2D eigenvalue weighted by atomic mass is 35.5. The number of rotatable bonds is 4. The average Bonchev–Trinajstić information content (AvgIpc) is 3.14. The summed E-state index contributed by atoms with van der Waals surface area (Å²) in [6, 6.07) is 9.76. The van der Waals surface area contributed by atoms with Crippen LogP contribution in [0.3, 0.4) is 0 Å². The minimum absolute atomic E-state index is 0.0235. The summed E-state index contributed by atoms with van der Waals surface area (Å²) < 4.78 is 1.63. The molecule has 8 heteroatoms. The zero-order valence-corrected chi connectivity index (χ0v) is 18.1. The fourth-order valence-electron chi connectivity index (χ4n) is 4.01. The Morgan fingerprint density at radius 3 is 2.58 bits per heavy atom. The van der Waals surface area contributed by atoms with Crippen LogP contribution in [-0.2, 0) is 23.2 Å². The van der Waals surface area contributed by atoms with E-state index in [9.17, 15) is 14.7 Å². The first kappa shape index (κ1) is 20.8. The van der Waals surface area contributed by atoms with E-state index in [0.717, 1.165) is 5.56 Å². The van der Waals surface area contributed by atoms with Gasteiger partial charge in [0.2, 0.25) is 0 Å². The van der Waals surface area contributed by atoms with Crippen molar-refractivity contribution >= 4 is 29.1 Å². The molecule has 31 heavy (non-hydrogen) atoms. The van der Waals surface area contributed by atoms with Gasteiger partial charge in [-0.15, -0.1) is 0 Å². The highest BCUT2D eigenvalue weighted by molar-refractivity contribution is 6.46. The average molecular weight is 437 g/mol. The molecule has 0 bridgehead atoms. The van der Waals surface area contributed by atoms with Gasteiger partial charge in [0.05, 0.1) is 22.9 Å². The van der Waals surface area contributed by atoms with Gasteiger partial charge in [-0.2, -0.15) is 5.10 Å². The van der Waals surface area contributed by atoms with Crippen LogP contribution in [-0.4, -0.2) is 36.5 Å². The molecule has 0 unspecified atom stereocenters. The van der Waals surface area contributed by atoms with Crippen molar-refractivity contribution in [3.63, 3.8) is 0 Å². The predicted molar refractivity (Wildman–Crippen MR) is 116 cm³/mol. The summed E-state index contributed by atoms with van der Waals surface area (Å²) in [5.41, 5.74) is 3.14. The Hall–Kier alpha value is -3.45. The Morgan fingerprint density at radius 2 is 1.97 bits per heavy atom. The molecule has 1 aromatic carbocycles. The van der Waals surface area contributed by atoms with Crippen LogP contribution in [0, 0.1) is 13.8 Å². The number of hydrogen-bond donors (Lipinski definition) is 1. The summed E-state index contributed by atoms with van der Waals surface area (Å²) in [6.07, 6.45) is 3.28. The lowest BCUT2D eigenvalue weighted by Crippen LogP contribution is -2.29. The lowest BCUT2D eigenvalue weighted by molar-refractivity contribution is -0.140. The SMILES string of the molecule is Cc1nn(C)c(C)c1/C(O)=C1\C(=O)C(=O)N(Cc2cccnc2)[C@H]1c1cccc(Cl)c1. The van der Waals surface area contributed by atoms with E-state index < -0.39 is 17.7 Å². The van der Waals surface area contributed by atoms with Gasteiger partial charge in [0.1, 0.15) is 5.76 Å². The molecule has 1 aliphatic rings. The van der Waals surface area contributed by atoms with Gasteiger partial charge in [-0.3, -0.25) is 19.3 Å². The molecule has 1 saturated heterocycles. The van der Waals surface area contributed by atoms with Gasteiger partial charge in [-0.1, -0.05) is 29.8 Å². The van der Waals surface area contributed by atoms with E-state index in [1.165, 1.54) is 4.90 Å². The van der Waals surface area contributed by atoms with Crippen LogP contribution in [0.5, 0.6) is 0 Å². The normalized spacial score (nSPS) is 18.1. The number of aryl methyl sites for hydroxylation is 2. The number of aliphatic hydroxyl groups excluding tert-OH is 1. The van der Waals surface area contributed by atoms with Gasteiger partial charge in [0.15, 0.2) is 0 Å². The molecule has 3 aromatic rings. The monoisotopic (exact) mass is 436 g/mol. The van der Waals surface area contributed by atoms with Gasteiger partial charge in [-0.25, -0.2) is 0 Å². The first-order valence-electron chi connectivity index (χ1n) is 9.73. The van der Waals surface area contributed by atoms with E-state index in [4.69, 9.17) is 11.6 Å². The fourth-order valence-corrected chi connectivity index (χ4v) is 4.20. The smallest absolute Gasteiger partial charge is 0.295 e. The molecule has 1 aliphatic heterocycles. The van der Waals surface area contributed by atoms with Crippen LogP contribution in [0.15, 0.2) is 54.4 Å². The number of amides is 1. The minimum Gasteiger partial charge on any atom is -0.507 e. The molecule has 1 fully saturated rings. The van der Waals surface area contributed by atoms with Crippen molar-refractivity contribution in [2.75, 3.05) is 0 Å². The summed E-state index contributed by atoms with van der Waals surface area (Å²) in [6.45, 7) is 3.72. The molecule has 1 N–H and O–H groups in total. The molecular formula is C23H21ClN4O3. The second-order valence-corrected chi connectivity index (χ2v) is 7.95. The number of pyridine rings is 1. The number of Topliss-reactive ketones (excluding diaryl/α,β-unsaturated/α-hetero) is 1. The summed E-state index contributed by atoms with van der Waals surface area (Å²) in [5, 5.41) is 16.0. The van der Waals surface area contributed by atoms with E-state index in [1.807, 2.05) is 6.07 Å². The Bertz CT molecular complexity index is 1220. The van der Waals surface area contributed by atoms with Gasteiger partial charge < -0.3 is 10.0 Å². The first-order chi connectivity index (χ1) is 14.8. The van der Waals surface area contributed by atoms with Crippen molar-refractivity contribution in [2.45, 2.75) is 26.4 Å². The van der Waals surface area contributed by atoms with Gasteiger partial charge in [0, 0.05) is 36.7 Å². The lowest BCUT2D eigenvalue weighted by Gasteiger charge is -2.25. The second-order valence-electron chi connectivity index (χ2n) is 7.51. The molecular weight excluding hydrogens is 416 g/mol. The maximum Gasteiger partial charge on any atom is 0.295 e. The fraction of sp³-hybridized carbons (Fsp3) is 0.217. The summed E-state index contributed by atoms with van der Waals surface area (Å²) in [5.74, 6) is -1.66. The predicted octanol–water partition coefficient (Wildman–Crippen LogP) is 3.71. The van der Waals surface area contributed by atoms with Gasteiger partial charge >= 0.3 is 0 Å². The number of carbonyl (C=O) groups excluding carboxylic acids is 2. The van der Waals surface area contributed by atoms with Crippen LogP contribution in [0.4, 0.5) is 0 Å². The Kier molecular flexibility index (Phi) is 5.37. The van der Waals surface area contributed by atoms with Crippen LogP contribution in [0.1, 0.15) is 34.1 Å². The quantitative estimate of drug-likeness (QED) is 0.382. The highest BCUT2D eigenvalue weighted by Gasteiger charge is 2.46. The van der Waals surface area contributed by atoms with Gasteiger partial charge in [0.25, 0.3) is 11.7 Å². The third kappa shape index (κ3) is 3.61. The molecule has 0 spiro atoms. The molecule has 3 heterocycles. The van der Waals surface area contributed by atoms with E-state index >= 15 is 0 Å². The zero-order chi connectivity index (χ0) is 22.3. The van der Waals surface area contributed by atoms with Crippen LogP contribution in [0.2, 0.25) is 5.02 Å². The zero-order valence-electron chi connectivity index (χ0n) is 17.3. The van der Waals surface area contributed by atoms with E-state index in [1.54, 1.807) is 68.3 Å². The first-order valence-corrected chi connectivity index (χ1v) is 10.1. The van der Waals surface area contributed by atoms with E-state index in [0.29, 0.717) is 27.5 Å². The number of aliphatic hydroxyl groups is 1. The van der Waals surface area contributed by atoms with Crippen LogP contribution in [0.25, 0.3) is 5.76 Å². The van der Waals surface area contributed by atoms with Crippen molar-refractivity contribution in [2.24, 2.45) is 7.05 Å². The lowest BCUT2D eigenvalue weighted by atomic mass is 9.94. The molecule has 1 amide bonds. The molecule has 2 aromatic heterocycles.